The monoisotopic (exact) mass is 330 g/mol. The minimum absolute atomic E-state index is 0.0525. The normalized spacial score (nSPS) is 26.8. The van der Waals surface area contributed by atoms with E-state index in [0.29, 0.717) is 5.82 Å². The maximum absolute atomic E-state index is 14.3. The molecule has 4 N–H and O–H groups in total. The zero-order valence-corrected chi connectivity index (χ0v) is 12.4. The Bertz CT molecular complexity index is 737. The van der Waals surface area contributed by atoms with E-state index in [-0.39, 0.29) is 17.1 Å². The first kappa shape index (κ1) is 15.8. The maximum atomic E-state index is 14.3. The molecule has 3 atom stereocenters. The Kier molecular flexibility index (Phi) is 3.58. The van der Waals surface area contributed by atoms with Gasteiger partial charge in [0.1, 0.15) is 6.10 Å². The summed E-state index contributed by atoms with van der Waals surface area (Å²) in [7, 11) is 3.40. The van der Waals surface area contributed by atoms with Crippen LogP contribution in [-0.4, -0.2) is 68.6 Å². The van der Waals surface area contributed by atoms with Gasteiger partial charge in [-0.3, -0.25) is 4.57 Å². The van der Waals surface area contributed by atoms with E-state index in [2.05, 4.69) is 15.0 Å². The minimum atomic E-state index is -3.63. The van der Waals surface area contributed by atoms with Gasteiger partial charge in [0.15, 0.2) is 23.1 Å². The van der Waals surface area contributed by atoms with Crippen LogP contribution in [0, 0.1) is 0 Å². The molecule has 126 valence electrons. The van der Waals surface area contributed by atoms with Crippen molar-refractivity contribution in [2.24, 2.45) is 0 Å². The number of fused-ring (bicyclic) bond motifs is 1. The zero-order chi connectivity index (χ0) is 16.9. The van der Waals surface area contributed by atoms with Crippen LogP contribution < -0.4 is 10.6 Å². The Hall–Kier alpha value is -2.11. The summed E-state index contributed by atoms with van der Waals surface area (Å²) in [5.41, 5.74) is 5.95. The summed E-state index contributed by atoms with van der Waals surface area (Å²) in [4.78, 5) is 13.6. The van der Waals surface area contributed by atoms with Crippen LogP contribution in [0.4, 0.5) is 20.5 Å². The lowest BCUT2D eigenvalue weighted by Crippen LogP contribution is -2.39. The summed E-state index contributed by atoms with van der Waals surface area (Å²) in [5, 5.41) is 18.7. The van der Waals surface area contributed by atoms with Crippen molar-refractivity contribution in [3.8, 4) is 0 Å². The third-order valence-electron chi connectivity index (χ3n) is 3.66. The first-order valence-electron chi connectivity index (χ1n) is 6.77. The van der Waals surface area contributed by atoms with E-state index in [1.807, 2.05) is 0 Å². The minimum Gasteiger partial charge on any atom is -0.394 e. The van der Waals surface area contributed by atoms with Crippen LogP contribution >= 0.6 is 0 Å². The molecule has 0 aromatic carbocycles. The van der Waals surface area contributed by atoms with E-state index >= 15 is 0 Å². The highest BCUT2D eigenvalue weighted by Gasteiger charge is 2.59. The van der Waals surface area contributed by atoms with E-state index in [9.17, 15) is 13.9 Å². The largest absolute Gasteiger partial charge is 0.394 e. The molecule has 3 rings (SSSR count). The van der Waals surface area contributed by atoms with E-state index < -0.39 is 31.0 Å². The van der Waals surface area contributed by atoms with Crippen molar-refractivity contribution in [3.05, 3.63) is 6.33 Å². The number of hydrogen-bond acceptors (Lipinski definition) is 8. The van der Waals surface area contributed by atoms with Gasteiger partial charge in [0, 0.05) is 14.1 Å². The number of ether oxygens (including phenoxy) is 1. The number of hydrogen-bond donors (Lipinski definition) is 3. The van der Waals surface area contributed by atoms with Crippen LogP contribution in [0.2, 0.25) is 0 Å². The molecule has 11 heteroatoms. The smallest absolute Gasteiger partial charge is 0.320 e. The third-order valence-corrected chi connectivity index (χ3v) is 3.66. The second kappa shape index (κ2) is 5.22. The van der Waals surface area contributed by atoms with Gasteiger partial charge in [-0.1, -0.05) is 0 Å². The Morgan fingerprint density at radius 2 is 2.13 bits per heavy atom. The molecule has 23 heavy (non-hydrogen) atoms. The van der Waals surface area contributed by atoms with Crippen molar-refractivity contribution in [3.63, 3.8) is 0 Å². The van der Waals surface area contributed by atoms with Crippen LogP contribution in [0.1, 0.15) is 6.23 Å². The van der Waals surface area contributed by atoms with Crippen LogP contribution in [-0.2, 0) is 4.74 Å². The van der Waals surface area contributed by atoms with Gasteiger partial charge in [0.25, 0.3) is 0 Å². The SMILES string of the molecule is CN(C)c1nc(N)nc2c1ncn2[C@@H]1O[C@H](CO)[C@@H](O)C1(F)F. The lowest BCUT2D eigenvalue weighted by Gasteiger charge is -2.21. The van der Waals surface area contributed by atoms with Gasteiger partial charge in [-0.05, 0) is 0 Å². The van der Waals surface area contributed by atoms with Crippen LogP contribution in [0.15, 0.2) is 6.33 Å². The summed E-state index contributed by atoms with van der Waals surface area (Å²) in [6, 6.07) is 0. The van der Waals surface area contributed by atoms with Crippen LogP contribution in [0.3, 0.4) is 0 Å². The molecule has 0 bridgehead atoms. The molecule has 0 amide bonds. The summed E-state index contributed by atoms with van der Waals surface area (Å²) < 4.78 is 34.6. The molecule has 0 radical (unpaired) electrons. The van der Waals surface area contributed by atoms with Gasteiger partial charge < -0.3 is 25.6 Å². The Labute approximate surface area is 129 Å². The first-order chi connectivity index (χ1) is 10.8. The lowest BCUT2D eigenvalue weighted by atomic mass is 10.1. The molecule has 9 nitrogen and oxygen atoms in total. The number of aromatic nitrogens is 4. The average Bonchev–Trinajstić information content (AvgIpc) is 2.98. The summed E-state index contributed by atoms with van der Waals surface area (Å²) in [5.74, 6) is -3.37. The van der Waals surface area contributed by atoms with Gasteiger partial charge in [-0.25, -0.2) is 4.98 Å². The van der Waals surface area contributed by atoms with E-state index in [1.54, 1.807) is 19.0 Å². The van der Waals surface area contributed by atoms with Gasteiger partial charge in [0.05, 0.1) is 12.9 Å². The Morgan fingerprint density at radius 3 is 2.70 bits per heavy atom. The number of rotatable bonds is 3. The first-order valence-corrected chi connectivity index (χ1v) is 6.77. The predicted octanol–water partition coefficient (Wildman–Crippen LogP) is -0.640. The molecule has 0 aliphatic carbocycles. The average molecular weight is 330 g/mol. The molecule has 0 spiro atoms. The Morgan fingerprint density at radius 1 is 1.43 bits per heavy atom. The highest BCUT2D eigenvalue weighted by molar-refractivity contribution is 5.84. The third kappa shape index (κ3) is 2.28. The predicted molar refractivity (Wildman–Crippen MR) is 76.0 cm³/mol. The van der Waals surface area contributed by atoms with Crippen molar-refractivity contribution in [1.29, 1.82) is 0 Å². The number of nitrogen functional groups attached to an aromatic ring is 1. The fourth-order valence-electron chi connectivity index (χ4n) is 2.52. The van der Waals surface area contributed by atoms with Gasteiger partial charge in [0.2, 0.25) is 12.2 Å². The van der Waals surface area contributed by atoms with Crippen molar-refractivity contribution < 1.29 is 23.7 Å². The van der Waals surface area contributed by atoms with Crippen molar-refractivity contribution >= 4 is 22.9 Å². The quantitative estimate of drug-likeness (QED) is 0.679. The molecule has 1 saturated heterocycles. The molecule has 0 saturated carbocycles. The van der Waals surface area contributed by atoms with Crippen molar-refractivity contribution in [2.75, 3.05) is 31.3 Å². The topological polar surface area (TPSA) is 123 Å². The van der Waals surface area contributed by atoms with E-state index in [1.165, 1.54) is 0 Å². The number of imidazole rings is 1. The Balaban J connectivity index is 2.14. The van der Waals surface area contributed by atoms with E-state index in [0.717, 1.165) is 10.9 Å². The molecule has 2 aromatic rings. The fourth-order valence-corrected chi connectivity index (χ4v) is 2.52. The summed E-state index contributed by atoms with van der Waals surface area (Å²) in [6.07, 6.45) is -4.28. The summed E-state index contributed by atoms with van der Waals surface area (Å²) in [6.45, 7) is -0.736. The zero-order valence-electron chi connectivity index (χ0n) is 12.4. The number of halogens is 2. The highest BCUT2D eigenvalue weighted by atomic mass is 19.3. The standard InChI is InChI=1S/C12H16F2N6O3/c1-19(2)8-6-9(18-11(15)17-8)20(4-16-6)10-12(13,14)7(22)5(3-21)23-10/h4-5,7,10,21-22H,3H2,1-2H3,(H2,15,17,18)/t5-,7-,10-/m1/s1. The van der Waals surface area contributed by atoms with Crippen molar-refractivity contribution in [1.82, 2.24) is 19.5 Å². The highest BCUT2D eigenvalue weighted by Crippen LogP contribution is 2.43. The molecular formula is C12H16F2N6O3. The van der Waals surface area contributed by atoms with Gasteiger partial charge in [-0.2, -0.15) is 18.7 Å². The lowest BCUT2D eigenvalue weighted by molar-refractivity contribution is -0.138. The molecular weight excluding hydrogens is 314 g/mol. The molecule has 1 aliphatic rings. The number of alkyl halides is 2. The number of aliphatic hydroxyl groups is 2. The maximum Gasteiger partial charge on any atom is 0.320 e. The molecule has 3 heterocycles. The second-order valence-electron chi connectivity index (χ2n) is 5.45. The fraction of sp³-hybridized carbons (Fsp3) is 0.583. The molecule has 0 unspecified atom stereocenters. The van der Waals surface area contributed by atoms with E-state index in [4.69, 9.17) is 15.6 Å². The number of aliphatic hydroxyl groups excluding tert-OH is 2. The van der Waals surface area contributed by atoms with Crippen LogP contribution in [0.5, 0.6) is 0 Å². The molecule has 1 aliphatic heterocycles. The molecule has 1 fully saturated rings. The summed E-state index contributed by atoms with van der Waals surface area (Å²) >= 11 is 0. The van der Waals surface area contributed by atoms with Gasteiger partial charge >= 0.3 is 5.92 Å². The van der Waals surface area contributed by atoms with Gasteiger partial charge in [-0.15, -0.1) is 0 Å². The van der Waals surface area contributed by atoms with Crippen LogP contribution in [0.25, 0.3) is 11.2 Å². The molecule has 2 aromatic heterocycles. The number of nitrogens with two attached hydrogens (primary N) is 1. The second-order valence-corrected chi connectivity index (χ2v) is 5.45. The number of nitrogens with zero attached hydrogens (tertiary/aromatic N) is 5. The van der Waals surface area contributed by atoms with Crippen molar-refractivity contribution in [2.45, 2.75) is 24.4 Å². The number of anilines is 2.